The van der Waals surface area contributed by atoms with Crippen LogP contribution in [0.4, 0.5) is 23.1 Å². The van der Waals surface area contributed by atoms with Crippen molar-refractivity contribution in [3.63, 3.8) is 0 Å². The number of anilines is 4. The lowest BCUT2D eigenvalue weighted by Crippen LogP contribution is -2.42. The maximum Gasteiger partial charge on any atom is 0.331 e. The summed E-state index contributed by atoms with van der Waals surface area (Å²) in [6.07, 6.45) is 4.32. The lowest BCUT2D eigenvalue weighted by molar-refractivity contribution is 0.172. The van der Waals surface area contributed by atoms with Crippen LogP contribution in [0.2, 0.25) is 0 Å². The van der Waals surface area contributed by atoms with Gasteiger partial charge in [-0.15, -0.1) is 0 Å². The van der Waals surface area contributed by atoms with E-state index in [4.69, 9.17) is 9.05 Å². The molecular formula is C30H43N6O3PS. The summed E-state index contributed by atoms with van der Waals surface area (Å²) in [5, 5.41) is 6.67. The summed E-state index contributed by atoms with van der Waals surface area (Å²) >= 11 is 1.79. The molecule has 0 unspecified atom stereocenters. The van der Waals surface area contributed by atoms with Crippen molar-refractivity contribution in [3.8, 4) is 0 Å². The highest BCUT2D eigenvalue weighted by atomic mass is 32.2. The van der Waals surface area contributed by atoms with Gasteiger partial charge in [-0.05, 0) is 113 Å². The molecule has 11 heteroatoms. The van der Waals surface area contributed by atoms with Gasteiger partial charge < -0.3 is 24.6 Å². The van der Waals surface area contributed by atoms with Crippen LogP contribution in [-0.4, -0.2) is 71.3 Å². The van der Waals surface area contributed by atoms with Crippen molar-refractivity contribution in [3.05, 3.63) is 65.9 Å². The molecule has 1 fully saturated rings. The number of nitrogens with one attached hydrogen (secondary N) is 2. The Kier molecular flexibility index (Phi) is 11.6. The fraction of sp³-hybridized carbons (Fsp3) is 0.467. The zero-order valence-electron chi connectivity index (χ0n) is 24.8. The van der Waals surface area contributed by atoms with Gasteiger partial charge >= 0.3 is 7.60 Å². The molecule has 1 saturated heterocycles. The molecule has 1 aliphatic rings. The molecule has 2 aromatic carbocycles. The van der Waals surface area contributed by atoms with E-state index in [1.165, 1.54) is 16.0 Å². The van der Waals surface area contributed by atoms with E-state index in [1.807, 2.05) is 19.9 Å². The molecule has 0 aliphatic carbocycles. The van der Waals surface area contributed by atoms with E-state index in [2.05, 4.69) is 93.2 Å². The summed E-state index contributed by atoms with van der Waals surface area (Å²) in [6.45, 7) is 11.4. The molecule has 0 amide bonds. The quantitative estimate of drug-likeness (QED) is 0.146. The SMILES string of the molecule is CCOP(=O)(CCN(C)C1CCN(Sc2ccc(Nc3nccc(Nc4ccc(C)c(C)c4)n3)cc2)CC1)OCC. The first-order chi connectivity index (χ1) is 19.8. The standard InChI is InChI=1S/C30H43N6O3PS/c1-6-38-40(37,39-7-2)21-20-35(5)27-15-18-36(19-16-27)41-28-12-10-25(11-13-28)33-30-31-17-14-29(34-30)32-26-9-8-23(3)24(4)22-26/h8-14,17,22,27H,6-7,15-16,18-21H2,1-5H3,(H2,31,32,33,34). The third-order valence-electron chi connectivity index (χ3n) is 7.20. The monoisotopic (exact) mass is 598 g/mol. The Labute approximate surface area is 249 Å². The number of piperidine rings is 1. The second-order valence-electron chi connectivity index (χ2n) is 10.2. The van der Waals surface area contributed by atoms with Crippen LogP contribution in [0.3, 0.4) is 0 Å². The van der Waals surface area contributed by atoms with Crippen LogP contribution < -0.4 is 10.6 Å². The molecule has 0 atom stereocenters. The number of hydrogen-bond acceptors (Lipinski definition) is 10. The van der Waals surface area contributed by atoms with Gasteiger partial charge in [0.25, 0.3) is 0 Å². The summed E-state index contributed by atoms with van der Waals surface area (Å²) in [6, 6.07) is 17.0. The molecule has 3 aromatic rings. The summed E-state index contributed by atoms with van der Waals surface area (Å²) in [4.78, 5) is 12.5. The smallest absolute Gasteiger partial charge is 0.331 e. The second-order valence-corrected chi connectivity index (χ2v) is 13.6. The molecule has 2 heterocycles. The molecular weight excluding hydrogens is 555 g/mol. The van der Waals surface area contributed by atoms with Crippen molar-refractivity contribution in [2.75, 3.05) is 56.7 Å². The third-order valence-corrected chi connectivity index (χ3v) is 10.4. The maximum atomic E-state index is 12.8. The van der Waals surface area contributed by atoms with Crippen LogP contribution in [0.5, 0.6) is 0 Å². The maximum absolute atomic E-state index is 12.8. The molecule has 2 N–H and O–H groups in total. The van der Waals surface area contributed by atoms with Gasteiger partial charge in [0, 0.05) is 48.1 Å². The Bertz CT molecular complexity index is 1290. The van der Waals surface area contributed by atoms with Crippen molar-refractivity contribution >= 4 is 42.7 Å². The Morgan fingerprint density at radius 3 is 2.32 bits per heavy atom. The number of hydrogen-bond donors (Lipinski definition) is 2. The van der Waals surface area contributed by atoms with Crippen molar-refractivity contribution in [2.24, 2.45) is 0 Å². The molecule has 9 nitrogen and oxygen atoms in total. The average molecular weight is 599 g/mol. The number of aryl methyl sites for hydroxylation is 2. The summed E-state index contributed by atoms with van der Waals surface area (Å²) in [5.41, 5.74) is 4.44. The molecule has 222 valence electrons. The van der Waals surface area contributed by atoms with Gasteiger partial charge in [0.05, 0.1) is 19.4 Å². The average Bonchev–Trinajstić information content (AvgIpc) is 2.96. The van der Waals surface area contributed by atoms with Crippen molar-refractivity contribution in [1.29, 1.82) is 0 Å². The first-order valence-corrected chi connectivity index (χ1v) is 16.8. The van der Waals surface area contributed by atoms with E-state index < -0.39 is 7.60 Å². The zero-order chi connectivity index (χ0) is 29.2. The molecule has 0 radical (unpaired) electrons. The van der Waals surface area contributed by atoms with Gasteiger partial charge in [0.2, 0.25) is 5.95 Å². The molecule has 0 bridgehead atoms. The molecule has 0 spiro atoms. The van der Waals surface area contributed by atoms with E-state index in [9.17, 15) is 4.57 Å². The minimum atomic E-state index is -3.00. The van der Waals surface area contributed by atoms with E-state index in [0.717, 1.165) is 43.1 Å². The molecule has 1 aliphatic heterocycles. The van der Waals surface area contributed by atoms with Crippen molar-refractivity contribution < 1.29 is 13.6 Å². The Morgan fingerprint density at radius 2 is 1.66 bits per heavy atom. The van der Waals surface area contributed by atoms with Crippen LogP contribution in [0.25, 0.3) is 0 Å². The van der Waals surface area contributed by atoms with Gasteiger partial charge in [-0.3, -0.25) is 4.57 Å². The van der Waals surface area contributed by atoms with Crippen LogP contribution in [-0.2, 0) is 13.6 Å². The number of aromatic nitrogens is 2. The number of nitrogens with zero attached hydrogens (tertiary/aromatic N) is 4. The highest BCUT2D eigenvalue weighted by Crippen LogP contribution is 2.47. The first-order valence-electron chi connectivity index (χ1n) is 14.3. The minimum absolute atomic E-state index is 0.403. The predicted molar refractivity (Wildman–Crippen MR) is 170 cm³/mol. The number of rotatable bonds is 14. The number of benzene rings is 2. The highest BCUT2D eigenvalue weighted by Gasteiger charge is 2.27. The molecule has 4 rings (SSSR count). The second kappa shape index (κ2) is 15.1. The fourth-order valence-corrected chi connectivity index (χ4v) is 7.36. The summed E-state index contributed by atoms with van der Waals surface area (Å²) in [5.74, 6) is 1.29. The lowest BCUT2D eigenvalue weighted by atomic mass is 10.1. The Morgan fingerprint density at radius 1 is 0.976 bits per heavy atom. The van der Waals surface area contributed by atoms with Crippen LogP contribution in [0.15, 0.2) is 59.6 Å². The molecule has 1 aromatic heterocycles. The third kappa shape index (κ3) is 9.53. The van der Waals surface area contributed by atoms with Gasteiger partial charge in [-0.1, -0.05) is 6.07 Å². The van der Waals surface area contributed by atoms with Crippen LogP contribution >= 0.6 is 19.5 Å². The van der Waals surface area contributed by atoms with Crippen LogP contribution in [0.1, 0.15) is 37.8 Å². The van der Waals surface area contributed by atoms with Crippen molar-refractivity contribution in [2.45, 2.75) is 51.5 Å². The summed E-state index contributed by atoms with van der Waals surface area (Å²) < 4.78 is 26.1. The zero-order valence-corrected chi connectivity index (χ0v) is 26.5. The van der Waals surface area contributed by atoms with Gasteiger partial charge in [-0.25, -0.2) is 9.29 Å². The van der Waals surface area contributed by atoms with E-state index in [1.54, 1.807) is 18.1 Å². The van der Waals surface area contributed by atoms with Crippen LogP contribution in [0, 0.1) is 13.8 Å². The van der Waals surface area contributed by atoms with E-state index >= 15 is 0 Å². The molecule has 0 saturated carbocycles. The normalized spacial score (nSPS) is 14.9. The predicted octanol–water partition coefficient (Wildman–Crippen LogP) is 7.25. The van der Waals surface area contributed by atoms with Gasteiger partial charge in [0.1, 0.15) is 5.82 Å². The fourth-order valence-electron chi connectivity index (χ4n) is 4.73. The summed E-state index contributed by atoms with van der Waals surface area (Å²) in [7, 11) is -0.890. The minimum Gasteiger partial charge on any atom is -0.340 e. The largest absolute Gasteiger partial charge is 0.340 e. The van der Waals surface area contributed by atoms with Gasteiger partial charge in [0.15, 0.2) is 0 Å². The highest BCUT2D eigenvalue weighted by molar-refractivity contribution is 7.97. The lowest BCUT2D eigenvalue weighted by Gasteiger charge is -2.36. The van der Waals surface area contributed by atoms with E-state index in [-0.39, 0.29) is 0 Å². The topological polar surface area (TPSA) is 91.9 Å². The Hall–Kier alpha value is -2.46. The van der Waals surface area contributed by atoms with Gasteiger partial charge in [-0.2, -0.15) is 4.98 Å². The van der Waals surface area contributed by atoms with Crippen molar-refractivity contribution in [1.82, 2.24) is 19.2 Å². The Balaban J connectivity index is 1.23. The van der Waals surface area contributed by atoms with E-state index in [0.29, 0.717) is 37.9 Å². The molecule has 41 heavy (non-hydrogen) atoms. The first kappa shape index (κ1) is 31.5.